The van der Waals surface area contributed by atoms with Crippen molar-refractivity contribution in [1.29, 1.82) is 0 Å². The molecule has 3 aromatic rings. The number of thiophene rings is 1. The molecule has 1 aromatic carbocycles. The molecule has 21 heavy (non-hydrogen) atoms. The normalized spacial score (nSPS) is 10.7. The molecule has 0 unspecified atom stereocenters. The van der Waals surface area contributed by atoms with Gasteiger partial charge in [-0.3, -0.25) is 10.1 Å². The quantitative estimate of drug-likeness (QED) is 0.574. The van der Waals surface area contributed by atoms with Crippen LogP contribution in [0.4, 0.5) is 11.4 Å². The average Bonchev–Trinajstić information content (AvgIpc) is 3.00. The maximum absolute atomic E-state index is 11.2. The summed E-state index contributed by atoms with van der Waals surface area (Å²) in [7, 11) is 0. The molecule has 0 aliphatic rings. The van der Waals surface area contributed by atoms with E-state index in [0.29, 0.717) is 12.2 Å². The fourth-order valence-corrected chi connectivity index (χ4v) is 2.93. The molecule has 2 aromatic heterocycles. The zero-order chi connectivity index (χ0) is 14.7. The summed E-state index contributed by atoms with van der Waals surface area (Å²) in [6, 6.07) is 11.5. The summed E-state index contributed by atoms with van der Waals surface area (Å²) in [6.07, 6.45) is 2.15. The van der Waals surface area contributed by atoms with Gasteiger partial charge in [-0.25, -0.2) is 4.98 Å². The van der Waals surface area contributed by atoms with E-state index in [9.17, 15) is 10.1 Å². The molecule has 5 nitrogen and oxygen atoms in total. The monoisotopic (exact) mass is 299 g/mol. The number of anilines is 1. The maximum atomic E-state index is 11.2. The number of nitro groups is 1. The molecule has 0 aliphatic carbocycles. The second kappa shape index (κ2) is 5.88. The van der Waals surface area contributed by atoms with Gasteiger partial charge in [-0.15, -0.1) is 11.3 Å². The van der Waals surface area contributed by atoms with Crippen LogP contribution in [0.2, 0.25) is 0 Å². The Balaban J connectivity index is 1.90. The van der Waals surface area contributed by atoms with Gasteiger partial charge in [-0.05, 0) is 23.9 Å². The number of hydrogen-bond donors (Lipinski definition) is 1. The molecule has 0 bridgehead atoms. The van der Waals surface area contributed by atoms with E-state index in [-0.39, 0.29) is 5.69 Å². The van der Waals surface area contributed by atoms with E-state index < -0.39 is 4.92 Å². The highest BCUT2D eigenvalue weighted by Crippen LogP contribution is 2.31. The number of hydrogen-bond acceptors (Lipinski definition) is 5. The van der Waals surface area contributed by atoms with Gasteiger partial charge in [0.25, 0.3) is 0 Å². The first-order valence-corrected chi connectivity index (χ1v) is 7.42. The minimum atomic E-state index is -0.396. The third-order valence-corrected chi connectivity index (χ3v) is 4.14. The van der Waals surface area contributed by atoms with Gasteiger partial charge in [0.1, 0.15) is 11.9 Å². The first-order valence-electron chi connectivity index (χ1n) is 6.54. The molecular weight excluding hydrogens is 286 g/mol. The van der Waals surface area contributed by atoms with Gasteiger partial charge in [0.15, 0.2) is 0 Å². The van der Waals surface area contributed by atoms with Crippen LogP contribution in [0.3, 0.4) is 0 Å². The minimum Gasteiger partial charge on any atom is -0.379 e. The van der Waals surface area contributed by atoms with Crippen molar-refractivity contribution in [3.8, 4) is 0 Å². The van der Waals surface area contributed by atoms with Crippen molar-refractivity contribution in [2.75, 3.05) is 11.9 Å². The Hall–Kier alpha value is -2.47. The number of benzene rings is 1. The molecule has 0 saturated carbocycles. The first kappa shape index (κ1) is 13.5. The summed E-state index contributed by atoms with van der Waals surface area (Å²) < 4.78 is 0. The molecule has 0 saturated heterocycles. The summed E-state index contributed by atoms with van der Waals surface area (Å²) in [5, 5.41) is 17.2. The summed E-state index contributed by atoms with van der Waals surface area (Å²) >= 11 is 1.69. The summed E-state index contributed by atoms with van der Waals surface area (Å²) in [4.78, 5) is 16.2. The summed E-state index contributed by atoms with van der Waals surface area (Å²) in [6.45, 7) is 0.648. The fourth-order valence-electron chi connectivity index (χ4n) is 2.22. The van der Waals surface area contributed by atoms with Gasteiger partial charge in [-0.1, -0.05) is 24.3 Å². The largest absolute Gasteiger partial charge is 0.379 e. The first-order chi connectivity index (χ1) is 10.3. The van der Waals surface area contributed by atoms with Gasteiger partial charge in [0, 0.05) is 16.8 Å². The van der Waals surface area contributed by atoms with Crippen LogP contribution >= 0.6 is 11.3 Å². The van der Waals surface area contributed by atoms with Gasteiger partial charge in [-0.2, -0.15) is 0 Å². The van der Waals surface area contributed by atoms with Crippen molar-refractivity contribution in [1.82, 2.24) is 4.98 Å². The molecule has 1 N–H and O–H groups in total. The van der Waals surface area contributed by atoms with Crippen LogP contribution < -0.4 is 5.32 Å². The number of rotatable bonds is 5. The standard InChI is InChI=1S/C15H13N3O2S/c19-18(20)14-10-17-13-6-2-1-5-12(13)15(14)16-8-7-11-4-3-9-21-11/h1-6,9-10H,7-8H2,(H,16,17). The number of fused-ring (bicyclic) bond motifs is 1. The van der Waals surface area contributed by atoms with Crippen LogP contribution in [0.5, 0.6) is 0 Å². The van der Waals surface area contributed by atoms with Crippen molar-refractivity contribution in [2.24, 2.45) is 0 Å². The zero-order valence-electron chi connectivity index (χ0n) is 11.2. The Morgan fingerprint density at radius 3 is 2.86 bits per heavy atom. The smallest absolute Gasteiger partial charge is 0.311 e. The molecule has 106 valence electrons. The van der Waals surface area contributed by atoms with E-state index in [0.717, 1.165) is 17.3 Å². The van der Waals surface area contributed by atoms with Gasteiger partial charge >= 0.3 is 5.69 Å². The van der Waals surface area contributed by atoms with Gasteiger partial charge in [0.2, 0.25) is 0 Å². The molecule has 2 heterocycles. The average molecular weight is 299 g/mol. The Morgan fingerprint density at radius 2 is 2.10 bits per heavy atom. The lowest BCUT2D eigenvalue weighted by Gasteiger charge is -2.09. The van der Waals surface area contributed by atoms with Crippen LogP contribution in [0.1, 0.15) is 4.88 Å². The fraction of sp³-hybridized carbons (Fsp3) is 0.133. The molecular formula is C15H13N3O2S. The lowest BCUT2D eigenvalue weighted by molar-refractivity contribution is -0.384. The van der Waals surface area contributed by atoms with E-state index in [1.165, 1.54) is 11.1 Å². The Kier molecular flexibility index (Phi) is 3.79. The zero-order valence-corrected chi connectivity index (χ0v) is 12.0. The van der Waals surface area contributed by atoms with Crippen LogP contribution in [0.15, 0.2) is 48.0 Å². The lowest BCUT2D eigenvalue weighted by atomic mass is 10.1. The highest BCUT2D eigenvalue weighted by Gasteiger charge is 2.17. The molecule has 0 fully saturated rings. The Bertz CT molecular complexity index is 772. The predicted molar refractivity (Wildman–Crippen MR) is 84.9 cm³/mol. The van der Waals surface area contributed by atoms with E-state index in [1.54, 1.807) is 11.3 Å². The van der Waals surface area contributed by atoms with E-state index in [2.05, 4.69) is 16.4 Å². The molecule has 0 spiro atoms. The summed E-state index contributed by atoms with van der Waals surface area (Å²) in [5.41, 5.74) is 1.31. The third kappa shape index (κ3) is 2.85. The molecule has 6 heteroatoms. The Labute approximate surface area is 125 Å². The number of aromatic nitrogens is 1. The number of pyridine rings is 1. The van der Waals surface area contributed by atoms with Crippen LogP contribution in [-0.2, 0) is 6.42 Å². The number of nitrogens with one attached hydrogen (secondary N) is 1. The highest BCUT2D eigenvalue weighted by molar-refractivity contribution is 7.09. The van der Waals surface area contributed by atoms with Gasteiger partial charge in [0.05, 0.1) is 10.4 Å². The maximum Gasteiger partial charge on any atom is 0.311 e. The SMILES string of the molecule is O=[N+]([O-])c1cnc2ccccc2c1NCCc1cccs1. The van der Waals surface area contributed by atoms with Crippen molar-refractivity contribution in [3.05, 3.63) is 63.0 Å². The number of nitrogens with zero attached hydrogens (tertiary/aromatic N) is 2. The van der Waals surface area contributed by atoms with Crippen molar-refractivity contribution < 1.29 is 4.92 Å². The van der Waals surface area contributed by atoms with Crippen molar-refractivity contribution in [2.45, 2.75) is 6.42 Å². The van der Waals surface area contributed by atoms with Crippen LogP contribution in [-0.4, -0.2) is 16.5 Å². The Morgan fingerprint density at radius 1 is 1.24 bits per heavy atom. The van der Waals surface area contributed by atoms with Crippen LogP contribution in [0, 0.1) is 10.1 Å². The molecule has 0 atom stereocenters. The topological polar surface area (TPSA) is 68.1 Å². The minimum absolute atomic E-state index is 0.0138. The summed E-state index contributed by atoms with van der Waals surface area (Å²) in [5.74, 6) is 0. The van der Waals surface area contributed by atoms with Crippen LogP contribution in [0.25, 0.3) is 10.9 Å². The van der Waals surface area contributed by atoms with Gasteiger partial charge < -0.3 is 5.32 Å². The van der Waals surface area contributed by atoms with E-state index in [1.807, 2.05) is 35.7 Å². The highest BCUT2D eigenvalue weighted by atomic mass is 32.1. The van der Waals surface area contributed by atoms with E-state index >= 15 is 0 Å². The number of para-hydroxylation sites is 1. The molecule has 0 radical (unpaired) electrons. The lowest BCUT2D eigenvalue weighted by Crippen LogP contribution is -2.07. The third-order valence-electron chi connectivity index (χ3n) is 3.21. The molecule has 0 amide bonds. The molecule has 0 aliphatic heterocycles. The molecule has 3 rings (SSSR count). The van der Waals surface area contributed by atoms with Crippen molar-refractivity contribution >= 4 is 33.6 Å². The van der Waals surface area contributed by atoms with E-state index in [4.69, 9.17) is 0 Å². The second-order valence-corrected chi connectivity index (χ2v) is 5.58. The van der Waals surface area contributed by atoms with Crippen molar-refractivity contribution in [3.63, 3.8) is 0 Å². The second-order valence-electron chi connectivity index (χ2n) is 4.55. The predicted octanol–water partition coefficient (Wildman–Crippen LogP) is 3.86.